The molecule has 164 valence electrons. The molecule has 1 saturated heterocycles. The lowest BCUT2D eigenvalue weighted by Gasteiger charge is -2.28. The predicted molar refractivity (Wildman–Crippen MR) is 110 cm³/mol. The third-order valence-corrected chi connectivity index (χ3v) is 3.76. The lowest BCUT2D eigenvalue weighted by atomic mass is 10.2. The second-order valence-corrected chi connectivity index (χ2v) is 6.16. The number of rotatable bonds is 8. The summed E-state index contributed by atoms with van der Waals surface area (Å²) >= 11 is 0. The standard InChI is InChI=1S/C16H23N3O3.C4H4O4/c20-15(13-19-8-10-22-11-9-19)12-17-16(18-21)7-6-14-4-2-1-3-5-14;5-3(6)1-2-4(7)8/h1-7,15,20-21H,8-13H2,(H,17,18);1-2H,(H,5,6)(H,7,8)/b7-6+;2-1-. The number of aliphatic carboxylic acids is 2. The number of β-amino-alcohol motifs (C(OH)–C–C–N with tert-alkyl or cyclic N) is 1. The van der Waals surface area contributed by atoms with E-state index in [9.17, 15) is 14.7 Å². The maximum absolute atomic E-state index is 10.0. The molecular weight excluding hydrogens is 394 g/mol. The molecule has 0 bridgehead atoms. The molecule has 10 nitrogen and oxygen atoms in total. The fraction of sp³-hybridized carbons (Fsp3) is 0.350. The van der Waals surface area contributed by atoms with Gasteiger partial charge in [0.2, 0.25) is 0 Å². The van der Waals surface area contributed by atoms with Gasteiger partial charge >= 0.3 is 11.9 Å². The van der Waals surface area contributed by atoms with E-state index in [0.717, 1.165) is 18.7 Å². The molecule has 2 rings (SSSR count). The number of hydrogen-bond acceptors (Lipinski definition) is 7. The highest BCUT2D eigenvalue weighted by atomic mass is 16.5. The highest BCUT2D eigenvalue weighted by Gasteiger charge is 2.14. The molecule has 1 aliphatic rings. The first kappa shape index (κ1) is 25.0. The van der Waals surface area contributed by atoms with Gasteiger partial charge in [0.1, 0.15) is 5.84 Å². The quantitative estimate of drug-likeness (QED) is 0.175. The first-order chi connectivity index (χ1) is 14.4. The van der Waals surface area contributed by atoms with Crippen LogP contribution in [0.5, 0.6) is 0 Å². The number of nitrogens with one attached hydrogen (secondary N) is 1. The molecule has 1 atom stereocenters. The van der Waals surface area contributed by atoms with Crippen molar-refractivity contribution in [1.29, 1.82) is 0 Å². The number of carboxylic acids is 2. The Morgan fingerprint density at radius 3 is 2.23 bits per heavy atom. The number of ether oxygens (including phenoxy) is 1. The van der Waals surface area contributed by atoms with Gasteiger partial charge in [-0.25, -0.2) is 9.59 Å². The maximum Gasteiger partial charge on any atom is 0.328 e. The summed E-state index contributed by atoms with van der Waals surface area (Å²) in [7, 11) is 0. The molecule has 1 aliphatic heterocycles. The largest absolute Gasteiger partial charge is 0.478 e. The van der Waals surface area contributed by atoms with E-state index in [2.05, 4.69) is 9.89 Å². The molecule has 1 aromatic rings. The zero-order valence-corrected chi connectivity index (χ0v) is 16.4. The maximum atomic E-state index is 10.0. The predicted octanol–water partition coefficient (Wildman–Crippen LogP) is 0.482. The highest BCUT2D eigenvalue weighted by molar-refractivity contribution is 5.95. The van der Waals surface area contributed by atoms with Gasteiger partial charge in [0.05, 0.1) is 25.9 Å². The smallest absolute Gasteiger partial charge is 0.328 e. The van der Waals surface area contributed by atoms with Crippen LogP contribution in [0, 0.1) is 0 Å². The summed E-state index contributed by atoms with van der Waals surface area (Å²) in [6.07, 6.45) is 4.07. The van der Waals surface area contributed by atoms with Gasteiger partial charge in [-0.3, -0.25) is 20.6 Å². The van der Waals surface area contributed by atoms with E-state index in [4.69, 9.17) is 20.2 Å². The summed E-state index contributed by atoms with van der Waals surface area (Å²) in [5.74, 6) is -2.19. The Hall–Kier alpha value is -3.05. The Bertz CT molecular complexity index is 713. The van der Waals surface area contributed by atoms with Crippen molar-refractivity contribution in [3.8, 4) is 0 Å². The fourth-order valence-corrected chi connectivity index (χ4v) is 2.35. The second kappa shape index (κ2) is 14.9. The van der Waals surface area contributed by atoms with Gasteiger partial charge in [-0.15, -0.1) is 0 Å². The Balaban J connectivity index is 0.000000479. The topological polar surface area (TPSA) is 152 Å². The Labute approximate surface area is 174 Å². The molecule has 0 saturated carbocycles. The summed E-state index contributed by atoms with van der Waals surface area (Å²) in [6.45, 7) is 3.88. The monoisotopic (exact) mass is 421 g/mol. The third-order valence-electron chi connectivity index (χ3n) is 3.76. The molecule has 0 aliphatic carbocycles. The van der Waals surface area contributed by atoms with Crippen molar-refractivity contribution < 1.29 is 34.9 Å². The van der Waals surface area contributed by atoms with Gasteiger partial charge in [-0.1, -0.05) is 36.4 Å². The van der Waals surface area contributed by atoms with E-state index in [-0.39, 0.29) is 6.54 Å². The number of benzene rings is 1. The molecule has 5 N–H and O–H groups in total. The van der Waals surface area contributed by atoms with Crippen molar-refractivity contribution in [3.63, 3.8) is 0 Å². The van der Waals surface area contributed by atoms with E-state index < -0.39 is 18.0 Å². The minimum absolute atomic E-state index is 0.235. The number of aliphatic hydroxyl groups is 1. The van der Waals surface area contributed by atoms with Crippen LogP contribution in [0.1, 0.15) is 5.56 Å². The van der Waals surface area contributed by atoms with Gasteiger partial charge in [0.25, 0.3) is 0 Å². The number of morpholine rings is 1. The minimum atomic E-state index is -1.26. The van der Waals surface area contributed by atoms with Crippen LogP contribution in [-0.4, -0.2) is 88.7 Å². The lowest BCUT2D eigenvalue weighted by Crippen LogP contribution is -2.41. The van der Waals surface area contributed by atoms with E-state index in [0.29, 0.717) is 37.7 Å². The van der Waals surface area contributed by atoms with Crippen LogP contribution in [-0.2, 0) is 14.3 Å². The molecule has 0 spiro atoms. The summed E-state index contributed by atoms with van der Waals surface area (Å²) in [5, 5.41) is 34.7. The van der Waals surface area contributed by atoms with E-state index in [1.165, 1.54) is 0 Å². The van der Waals surface area contributed by atoms with Crippen molar-refractivity contribution in [2.45, 2.75) is 6.10 Å². The van der Waals surface area contributed by atoms with E-state index in [1.54, 1.807) is 6.08 Å². The average molecular weight is 421 g/mol. The Morgan fingerprint density at radius 1 is 1.10 bits per heavy atom. The zero-order valence-electron chi connectivity index (χ0n) is 16.4. The Kier molecular flexibility index (Phi) is 12.4. The zero-order chi connectivity index (χ0) is 22.2. The average Bonchev–Trinajstić information content (AvgIpc) is 2.74. The molecule has 1 fully saturated rings. The molecule has 1 aromatic carbocycles. The molecular formula is C20H27N3O7. The van der Waals surface area contributed by atoms with Crippen molar-refractivity contribution >= 4 is 23.9 Å². The van der Waals surface area contributed by atoms with Crippen molar-refractivity contribution in [2.24, 2.45) is 4.99 Å². The summed E-state index contributed by atoms with van der Waals surface area (Å²) in [6, 6.07) is 9.74. The number of hydrogen-bond donors (Lipinski definition) is 5. The van der Waals surface area contributed by atoms with Gasteiger partial charge in [-0.2, -0.15) is 0 Å². The third kappa shape index (κ3) is 12.4. The summed E-state index contributed by atoms with van der Waals surface area (Å²) < 4.78 is 5.27. The van der Waals surface area contributed by atoms with Gasteiger partial charge in [0.15, 0.2) is 0 Å². The minimum Gasteiger partial charge on any atom is -0.478 e. The van der Waals surface area contributed by atoms with Crippen LogP contribution in [0.15, 0.2) is 53.6 Å². The van der Waals surface area contributed by atoms with E-state index in [1.807, 2.05) is 41.9 Å². The number of aliphatic hydroxyl groups excluding tert-OH is 1. The van der Waals surface area contributed by atoms with Gasteiger partial charge in [-0.05, 0) is 11.6 Å². The molecule has 1 unspecified atom stereocenters. The lowest BCUT2D eigenvalue weighted by molar-refractivity contribution is -0.134. The van der Waals surface area contributed by atoms with Crippen LogP contribution < -0.4 is 5.48 Å². The molecule has 0 aromatic heterocycles. The first-order valence-electron chi connectivity index (χ1n) is 9.20. The van der Waals surface area contributed by atoms with Crippen molar-refractivity contribution in [1.82, 2.24) is 10.4 Å². The number of amidine groups is 1. The van der Waals surface area contributed by atoms with E-state index >= 15 is 0 Å². The second-order valence-electron chi connectivity index (χ2n) is 6.16. The van der Waals surface area contributed by atoms with Crippen LogP contribution in [0.4, 0.5) is 0 Å². The number of aliphatic imine (C=N–C) groups is 1. The van der Waals surface area contributed by atoms with Crippen molar-refractivity contribution in [2.75, 3.05) is 39.4 Å². The number of carboxylic acid groups (broad SMARTS) is 2. The summed E-state index contributed by atoms with van der Waals surface area (Å²) in [5.41, 5.74) is 3.06. The van der Waals surface area contributed by atoms with Crippen LogP contribution in [0.3, 0.4) is 0 Å². The molecule has 30 heavy (non-hydrogen) atoms. The number of hydroxylamine groups is 1. The SMILES string of the molecule is O=C(O)/C=C\C(=O)O.ONC(/C=C/c1ccccc1)=NCC(O)CN1CCOCC1. The first-order valence-corrected chi connectivity index (χ1v) is 9.20. The van der Waals surface area contributed by atoms with Gasteiger partial charge < -0.3 is 20.1 Å². The molecule has 10 heteroatoms. The number of carbonyl (C=O) groups is 2. The van der Waals surface area contributed by atoms with Crippen LogP contribution in [0.2, 0.25) is 0 Å². The molecule has 0 radical (unpaired) electrons. The molecule has 1 heterocycles. The normalized spacial score (nSPS) is 16.1. The van der Waals surface area contributed by atoms with Crippen LogP contribution >= 0.6 is 0 Å². The number of nitrogens with zero attached hydrogens (tertiary/aromatic N) is 2. The Morgan fingerprint density at radius 2 is 1.70 bits per heavy atom. The van der Waals surface area contributed by atoms with Crippen LogP contribution in [0.25, 0.3) is 6.08 Å². The highest BCUT2D eigenvalue weighted by Crippen LogP contribution is 2.02. The van der Waals surface area contributed by atoms with Gasteiger partial charge in [0, 0.05) is 31.8 Å². The summed E-state index contributed by atoms with van der Waals surface area (Å²) in [4.78, 5) is 25.4. The van der Waals surface area contributed by atoms with Crippen molar-refractivity contribution in [3.05, 3.63) is 54.1 Å². The fourth-order valence-electron chi connectivity index (χ4n) is 2.35. The molecule has 0 amide bonds.